The van der Waals surface area contributed by atoms with Gasteiger partial charge in [0.2, 0.25) is 0 Å². The normalized spacial score (nSPS) is 22.1. The average molecular weight is 287 g/mol. The molecule has 108 valence electrons. The van der Waals surface area contributed by atoms with Crippen LogP contribution < -0.4 is 0 Å². The second-order valence-corrected chi connectivity index (χ2v) is 4.46. The summed E-state index contributed by atoms with van der Waals surface area (Å²) in [6, 6.07) is 0.923. The van der Waals surface area contributed by atoms with Crippen LogP contribution in [-0.4, -0.2) is 57.4 Å². The molecular weight excluding hydrogens is 276 g/mol. The number of β-amino-alcohol motifs (C(OH)–C–C–N with tert-alkyl or cyclic N) is 2. The molecule has 20 heavy (non-hydrogen) atoms. The molecule has 0 radical (unpaired) electrons. The lowest BCUT2D eigenvalue weighted by Crippen LogP contribution is -2.31. The number of carboxylic acids is 1. The number of hydrogen-bond acceptors (Lipinski definition) is 4. The minimum atomic E-state index is -1.58. The maximum Gasteiger partial charge on any atom is 0.336 e. The lowest BCUT2D eigenvalue weighted by atomic mass is 10.1. The van der Waals surface area contributed by atoms with E-state index in [0.717, 1.165) is 4.90 Å². The van der Waals surface area contributed by atoms with Crippen LogP contribution >= 0.6 is 0 Å². The Morgan fingerprint density at radius 2 is 1.50 bits per heavy atom. The summed E-state index contributed by atoms with van der Waals surface area (Å²) in [5, 5.41) is 27.6. The lowest BCUT2D eigenvalue weighted by Gasteiger charge is -2.16. The van der Waals surface area contributed by atoms with Crippen LogP contribution in [0.25, 0.3) is 0 Å². The van der Waals surface area contributed by atoms with Gasteiger partial charge in [-0.3, -0.25) is 4.79 Å². The summed E-state index contributed by atoms with van der Waals surface area (Å²) >= 11 is 0. The highest BCUT2D eigenvalue weighted by Gasteiger charge is 2.34. The van der Waals surface area contributed by atoms with Crippen molar-refractivity contribution in [1.29, 1.82) is 0 Å². The first-order valence-electron chi connectivity index (χ1n) is 5.69. The van der Waals surface area contributed by atoms with E-state index in [4.69, 9.17) is 5.11 Å². The monoisotopic (exact) mass is 287 g/mol. The second kappa shape index (κ2) is 5.14. The molecule has 6 nitrogen and oxygen atoms in total. The summed E-state index contributed by atoms with van der Waals surface area (Å²) in [5.74, 6) is -5.19. The Morgan fingerprint density at radius 3 is 1.95 bits per heavy atom. The van der Waals surface area contributed by atoms with Crippen molar-refractivity contribution >= 4 is 11.9 Å². The van der Waals surface area contributed by atoms with Crippen LogP contribution in [0.4, 0.5) is 8.78 Å². The molecule has 1 aliphatic rings. The van der Waals surface area contributed by atoms with Crippen LogP contribution in [0.15, 0.2) is 12.1 Å². The van der Waals surface area contributed by atoms with Crippen molar-refractivity contribution in [3.8, 4) is 0 Å². The van der Waals surface area contributed by atoms with E-state index in [1.807, 2.05) is 0 Å². The number of carbonyl (C=O) groups excluding carboxylic acids is 1. The van der Waals surface area contributed by atoms with Gasteiger partial charge in [-0.1, -0.05) is 0 Å². The molecule has 0 unspecified atom stereocenters. The minimum absolute atomic E-state index is 0.210. The van der Waals surface area contributed by atoms with Gasteiger partial charge in [0.05, 0.1) is 23.3 Å². The third-order valence-corrected chi connectivity index (χ3v) is 3.07. The van der Waals surface area contributed by atoms with Gasteiger partial charge in [0, 0.05) is 13.1 Å². The fraction of sp³-hybridized carbons (Fsp3) is 0.333. The zero-order valence-corrected chi connectivity index (χ0v) is 10.1. The number of aromatic carboxylic acids is 1. The van der Waals surface area contributed by atoms with Crippen LogP contribution in [-0.2, 0) is 0 Å². The van der Waals surface area contributed by atoms with Crippen LogP contribution in [0, 0.1) is 11.6 Å². The van der Waals surface area contributed by atoms with Gasteiger partial charge < -0.3 is 20.2 Å². The summed E-state index contributed by atoms with van der Waals surface area (Å²) in [5.41, 5.74) is -1.21. The fourth-order valence-corrected chi connectivity index (χ4v) is 2.01. The van der Waals surface area contributed by atoms with Gasteiger partial charge in [-0.15, -0.1) is 0 Å². The largest absolute Gasteiger partial charge is 0.478 e. The van der Waals surface area contributed by atoms with Gasteiger partial charge >= 0.3 is 5.97 Å². The van der Waals surface area contributed by atoms with E-state index in [2.05, 4.69) is 0 Å². The SMILES string of the molecule is O=C(O)c1cc(F)c(F)cc1C(=O)N1C[C@@H](O)[C@@H](O)C1. The first kappa shape index (κ1) is 14.4. The average Bonchev–Trinajstić information content (AvgIpc) is 2.71. The van der Waals surface area contributed by atoms with Crippen molar-refractivity contribution in [3.63, 3.8) is 0 Å². The molecule has 2 atom stereocenters. The Morgan fingerprint density at radius 1 is 1.05 bits per heavy atom. The number of nitrogens with zero attached hydrogens (tertiary/aromatic N) is 1. The third kappa shape index (κ3) is 2.47. The predicted molar refractivity (Wildman–Crippen MR) is 61.2 cm³/mol. The van der Waals surface area contributed by atoms with Gasteiger partial charge in [-0.25, -0.2) is 13.6 Å². The van der Waals surface area contributed by atoms with Crippen LogP contribution in [0.2, 0.25) is 0 Å². The molecular formula is C12H11F2NO5. The Balaban J connectivity index is 2.39. The molecule has 8 heteroatoms. The van der Waals surface area contributed by atoms with Crippen LogP contribution in [0.5, 0.6) is 0 Å². The number of likely N-dealkylation sites (tertiary alicyclic amines) is 1. The van der Waals surface area contributed by atoms with Crippen molar-refractivity contribution in [2.45, 2.75) is 12.2 Å². The van der Waals surface area contributed by atoms with Crippen molar-refractivity contribution in [2.75, 3.05) is 13.1 Å². The van der Waals surface area contributed by atoms with Crippen molar-refractivity contribution in [1.82, 2.24) is 4.90 Å². The number of carboxylic acid groups (broad SMARTS) is 1. The maximum absolute atomic E-state index is 13.2. The molecule has 1 fully saturated rings. The Bertz CT molecular complexity index is 567. The van der Waals surface area contributed by atoms with E-state index >= 15 is 0 Å². The molecule has 1 heterocycles. The predicted octanol–water partition coefficient (Wildman–Crippen LogP) is -0.159. The Labute approximate surface area is 111 Å². The van der Waals surface area contributed by atoms with E-state index in [9.17, 15) is 28.6 Å². The molecule has 1 aromatic carbocycles. The number of aliphatic hydroxyl groups excluding tert-OH is 2. The minimum Gasteiger partial charge on any atom is -0.478 e. The molecule has 3 N–H and O–H groups in total. The molecule has 0 aromatic heterocycles. The summed E-state index contributed by atoms with van der Waals surface area (Å²) in [6.07, 6.45) is -2.31. The molecule has 1 saturated heterocycles. The van der Waals surface area contributed by atoms with Gasteiger partial charge in [-0.2, -0.15) is 0 Å². The first-order valence-corrected chi connectivity index (χ1v) is 5.69. The summed E-state index contributed by atoms with van der Waals surface area (Å²) < 4.78 is 26.2. The standard InChI is InChI=1S/C12H11F2NO5/c13-7-1-5(6(12(19)20)2-8(7)14)11(18)15-3-9(16)10(17)4-15/h1-2,9-10,16-17H,3-4H2,(H,19,20)/t9-,10+. The number of rotatable bonds is 2. The zero-order valence-electron chi connectivity index (χ0n) is 10.1. The smallest absolute Gasteiger partial charge is 0.336 e. The number of hydrogen-bond donors (Lipinski definition) is 3. The topological polar surface area (TPSA) is 98.1 Å². The van der Waals surface area contributed by atoms with Gasteiger partial charge in [0.15, 0.2) is 11.6 Å². The molecule has 0 bridgehead atoms. The van der Waals surface area contributed by atoms with E-state index < -0.39 is 46.8 Å². The number of halogens is 2. The molecule has 0 aliphatic carbocycles. The first-order chi connectivity index (χ1) is 9.31. The van der Waals surface area contributed by atoms with E-state index in [0.29, 0.717) is 12.1 Å². The van der Waals surface area contributed by atoms with E-state index in [-0.39, 0.29) is 13.1 Å². The third-order valence-electron chi connectivity index (χ3n) is 3.07. The fourth-order valence-electron chi connectivity index (χ4n) is 2.01. The summed E-state index contributed by atoms with van der Waals surface area (Å²) in [6.45, 7) is -0.421. The Hall–Kier alpha value is -2.06. The van der Waals surface area contributed by atoms with Crippen LogP contribution in [0.3, 0.4) is 0 Å². The molecule has 1 amide bonds. The highest BCUT2D eigenvalue weighted by molar-refractivity contribution is 6.04. The van der Waals surface area contributed by atoms with E-state index in [1.54, 1.807) is 0 Å². The number of amides is 1. The van der Waals surface area contributed by atoms with Gasteiger partial charge in [0.1, 0.15) is 0 Å². The van der Waals surface area contributed by atoms with Crippen LogP contribution in [0.1, 0.15) is 20.7 Å². The highest BCUT2D eigenvalue weighted by atomic mass is 19.2. The molecule has 1 aliphatic heterocycles. The molecule has 0 spiro atoms. The summed E-state index contributed by atoms with van der Waals surface area (Å²) in [4.78, 5) is 24.0. The summed E-state index contributed by atoms with van der Waals surface area (Å²) in [7, 11) is 0. The van der Waals surface area contributed by atoms with Gasteiger partial charge in [-0.05, 0) is 12.1 Å². The highest BCUT2D eigenvalue weighted by Crippen LogP contribution is 2.20. The second-order valence-electron chi connectivity index (χ2n) is 4.46. The lowest BCUT2D eigenvalue weighted by molar-refractivity contribution is 0.0572. The molecule has 0 saturated carbocycles. The van der Waals surface area contributed by atoms with Crippen molar-refractivity contribution in [3.05, 3.63) is 34.9 Å². The number of carbonyl (C=O) groups is 2. The molecule has 2 rings (SSSR count). The van der Waals surface area contributed by atoms with Crippen molar-refractivity contribution < 1.29 is 33.7 Å². The van der Waals surface area contributed by atoms with E-state index in [1.165, 1.54) is 0 Å². The quantitative estimate of drug-likeness (QED) is 0.702. The number of benzene rings is 1. The number of aliphatic hydroxyl groups is 2. The Kier molecular flexibility index (Phi) is 3.69. The molecule has 1 aromatic rings. The zero-order chi connectivity index (χ0) is 15.0. The van der Waals surface area contributed by atoms with Gasteiger partial charge in [0.25, 0.3) is 5.91 Å². The van der Waals surface area contributed by atoms with Crippen molar-refractivity contribution in [2.24, 2.45) is 0 Å². The maximum atomic E-state index is 13.2.